The van der Waals surface area contributed by atoms with E-state index in [4.69, 9.17) is 0 Å². The average molecular weight is 338 g/mol. The Hall–Kier alpha value is -2.60. The van der Waals surface area contributed by atoms with E-state index in [0.717, 1.165) is 11.3 Å². The molecule has 24 heavy (non-hydrogen) atoms. The molecule has 0 radical (unpaired) electrons. The number of carbonyl (C=O) groups is 1. The zero-order valence-corrected chi connectivity index (χ0v) is 14.1. The Kier molecular flexibility index (Phi) is 5.28. The minimum atomic E-state index is -0.264. The first-order valence-electron chi connectivity index (χ1n) is 7.68. The number of hydrogen-bond donors (Lipinski definition) is 1. The molecule has 3 aromatic rings. The normalized spacial score (nSPS) is 11.9. The maximum Gasteiger partial charge on any atom is 0.233 e. The molecule has 1 aromatic heterocycles. The van der Waals surface area contributed by atoms with Crippen LogP contribution in [0, 0.1) is 0 Å². The lowest BCUT2D eigenvalue weighted by atomic mass is 10.2. The van der Waals surface area contributed by atoms with Crippen LogP contribution in [0.5, 0.6) is 0 Å². The molecular formula is C18H18N4OS. The van der Waals surface area contributed by atoms with E-state index in [1.54, 1.807) is 6.33 Å². The van der Waals surface area contributed by atoms with Gasteiger partial charge in [0.2, 0.25) is 5.91 Å². The first-order valence-corrected chi connectivity index (χ1v) is 8.56. The minimum Gasteiger partial charge on any atom is -0.351 e. The van der Waals surface area contributed by atoms with Crippen LogP contribution in [-0.2, 0) is 11.3 Å². The number of benzene rings is 2. The summed E-state index contributed by atoms with van der Waals surface area (Å²) in [5, 5.41) is 11.5. The highest BCUT2D eigenvalue weighted by atomic mass is 32.2. The van der Waals surface area contributed by atoms with Crippen molar-refractivity contribution in [3.05, 3.63) is 72.6 Å². The highest BCUT2D eigenvalue weighted by molar-refractivity contribution is 8.00. The van der Waals surface area contributed by atoms with Crippen LogP contribution in [0.4, 0.5) is 0 Å². The fraction of sp³-hybridized carbons (Fsp3) is 0.167. The molecule has 0 aliphatic carbocycles. The summed E-state index contributed by atoms with van der Waals surface area (Å²) in [6.07, 6.45) is 1.66. The molecule has 0 saturated heterocycles. The van der Waals surface area contributed by atoms with E-state index in [0.29, 0.717) is 11.7 Å². The number of hydrogen-bond acceptors (Lipinski definition) is 4. The number of aromatic nitrogens is 3. The lowest BCUT2D eigenvalue weighted by Crippen LogP contribution is -2.30. The van der Waals surface area contributed by atoms with Crippen molar-refractivity contribution in [1.82, 2.24) is 20.1 Å². The van der Waals surface area contributed by atoms with Crippen LogP contribution < -0.4 is 5.32 Å². The van der Waals surface area contributed by atoms with Gasteiger partial charge in [0, 0.05) is 12.2 Å². The lowest BCUT2D eigenvalue weighted by molar-refractivity contribution is -0.120. The Bertz CT molecular complexity index is 789. The lowest BCUT2D eigenvalue weighted by Gasteiger charge is -2.12. The smallest absolute Gasteiger partial charge is 0.233 e. The molecule has 2 aromatic carbocycles. The van der Waals surface area contributed by atoms with Gasteiger partial charge in [0.05, 0.1) is 5.25 Å². The van der Waals surface area contributed by atoms with Crippen molar-refractivity contribution in [2.45, 2.75) is 23.9 Å². The summed E-state index contributed by atoms with van der Waals surface area (Å²) >= 11 is 1.39. The standard InChI is InChI=1S/C18H18N4OS/c1-14(17(23)19-12-15-8-4-2-5-9-15)24-18-21-20-13-22(18)16-10-6-3-7-11-16/h2-11,13-14H,12H2,1H3,(H,19,23)/t14-/m1/s1. The molecule has 3 rings (SSSR count). The predicted molar refractivity (Wildman–Crippen MR) is 95.0 cm³/mol. The van der Waals surface area contributed by atoms with Gasteiger partial charge in [-0.15, -0.1) is 10.2 Å². The van der Waals surface area contributed by atoms with E-state index in [2.05, 4.69) is 15.5 Å². The fourth-order valence-corrected chi connectivity index (χ4v) is 3.08. The number of para-hydroxylation sites is 1. The van der Waals surface area contributed by atoms with Gasteiger partial charge < -0.3 is 5.32 Å². The molecule has 122 valence electrons. The van der Waals surface area contributed by atoms with E-state index in [1.165, 1.54) is 11.8 Å². The van der Waals surface area contributed by atoms with Gasteiger partial charge in [-0.05, 0) is 24.6 Å². The highest BCUT2D eigenvalue weighted by Gasteiger charge is 2.18. The summed E-state index contributed by atoms with van der Waals surface area (Å²) < 4.78 is 1.88. The summed E-state index contributed by atoms with van der Waals surface area (Å²) in [4.78, 5) is 12.3. The zero-order chi connectivity index (χ0) is 16.8. The number of amides is 1. The van der Waals surface area contributed by atoms with E-state index >= 15 is 0 Å². The first-order chi connectivity index (χ1) is 11.7. The molecule has 1 N–H and O–H groups in total. The molecule has 0 aliphatic rings. The van der Waals surface area contributed by atoms with Crippen LogP contribution in [0.15, 0.2) is 72.1 Å². The third-order valence-electron chi connectivity index (χ3n) is 3.51. The van der Waals surface area contributed by atoms with Gasteiger partial charge >= 0.3 is 0 Å². The van der Waals surface area contributed by atoms with Gasteiger partial charge in [0.15, 0.2) is 5.16 Å². The molecule has 1 heterocycles. The molecule has 5 nitrogen and oxygen atoms in total. The second-order valence-electron chi connectivity index (χ2n) is 5.28. The SMILES string of the molecule is C[C@@H](Sc1nncn1-c1ccccc1)C(=O)NCc1ccccc1. The summed E-state index contributed by atoms with van der Waals surface area (Å²) in [7, 11) is 0. The number of thioether (sulfide) groups is 1. The van der Waals surface area contributed by atoms with Crippen LogP contribution >= 0.6 is 11.8 Å². The van der Waals surface area contributed by atoms with E-state index in [-0.39, 0.29) is 11.2 Å². The Balaban J connectivity index is 1.62. The van der Waals surface area contributed by atoms with Crippen LogP contribution in [-0.4, -0.2) is 25.9 Å². The van der Waals surface area contributed by atoms with Crippen LogP contribution in [0.2, 0.25) is 0 Å². The predicted octanol–water partition coefficient (Wildman–Crippen LogP) is 3.06. The maximum absolute atomic E-state index is 12.3. The van der Waals surface area contributed by atoms with Crippen LogP contribution in [0.3, 0.4) is 0 Å². The summed E-state index contributed by atoms with van der Waals surface area (Å²) in [6, 6.07) is 19.7. The van der Waals surface area contributed by atoms with Crippen molar-refractivity contribution in [1.29, 1.82) is 0 Å². The molecule has 0 saturated carbocycles. The van der Waals surface area contributed by atoms with E-state index < -0.39 is 0 Å². The van der Waals surface area contributed by atoms with Gasteiger partial charge in [0.25, 0.3) is 0 Å². The highest BCUT2D eigenvalue weighted by Crippen LogP contribution is 2.23. The number of nitrogens with one attached hydrogen (secondary N) is 1. The molecular weight excluding hydrogens is 320 g/mol. The topological polar surface area (TPSA) is 59.8 Å². The number of nitrogens with zero attached hydrogens (tertiary/aromatic N) is 3. The third kappa shape index (κ3) is 4.02. The Morgan fingerprint density at radius 3 is 2.50 bits per heavy atom. The first kappa shape index (κ1) is 16.3. The van der Waals surface area contributed by atoms with Crippen molar-refractivity contribution < 1.29 is 4.79 Å². The average Bonchev–Trinajstić information content (AvgIpc) is 3.09. The van der Waals surface area contributed by atoms with Gasteiger partial charge in [-0.25, -0.2) is 0 Å². The molecule has 0 aliphatic heterocycles. The quantitative estimate of drug-likeness (QED) is 0.702. The largest absolute Gasteiger partial charge is 0.351 e. The van der Waals surface area contributed by atoms with Crippen LogP contribution in [0.1, 0.15) is 12.5 Å². The van der Waals surface area contributed by atoms with Gasteiger partial charge in [-0.1, -0.05) is 60.3 Å². The van der Waals surface area contributed by atoms with E-state index in [1.807, 2.05) is 72.2 Å². The Morgan fingerprint density at radius 1 is 1.12 bits per heavy atom. The molecule has 0 fully saturated rings. The van der Waals surface area contributed by atoms with E-state index in [9.17, 15) is 4.79 Å². The summed E-state index contributed by atoms with van der Waals surface area (Å²) in [6.45, 7) is 2.39. The van der Waals surface area contributed by atoms with Crippen molar-refractivity contribution in [2.24, 2.45) is 0 Å². The monoisotopic (exact) mass is 338 g/mol. The maximum atomic E-state index is 12.3. The van der Waals surface area contributed by atoms with Crippen molar-refractivity contribution in [3.8, 4) is 5.69 Å². The fourth-order valence-electron chi connectivity index (χ4n) is 2.21. The molecule has 0 bridgehead atoms. The number of carbonyl (C=O) groups excluding carboxylic acids is 1. The second-order valence-corrected chi connectivity index (χ2v) is 6.59. The third-order valence-corrected chi connectivity index (χ3v) is 4.57. The molecule has 1 atom stereocenters. The molecule has 0 spiro atoms. The summed E-state index contributed by atoms with van der Waals surface area (Å²) in [5.41, 5.74) is 2.05. The molecule has 1 amide bonds. The van der Waals surface area contributed by atoms with Gasteiger partial charge in [-0.2, -0.15) is 0 Å². The minimum absolute atomic E-state index is 0.0218. The van der Waals surface area contributed by atoms with Crippen LogP contribution in [0.25, 0.3) is 5.69 Å². The summed E-state index contributed by atoms with van der Waals surface area (Å²) in [5.74, 6) is -0.0218. The second kappa shape index (κ2) is 7.79. The molecule has 0 unspecified atom stereocenters. The van der Waals surface area contributed by atoms with Crippen molar-refractivity contribution in [2.75, 3.05) is 0 Å². The zero-order valence-electron chi connectivity index (χ0n) is 13.3. The van der Waals surface area contributed by atoms with Gasteiger partial charge in [0.1, 0.15) is 6.33 Å². The van der Waals surface area contributed by atoms with Crippen molar-refractivity contribution >= 4 is 17.7 Å². The Morgan fingerprint density at radius 2 is 1.79 bits per heavy atom. The molecule has 6 heteroatoms. The van der Waals surface area contributed by atoms with Crippen molar-refractivity contribution in [3.63, 3.8) is 0 Å². The Labute approximate surface area is 145 Å². The van der Waals surface area contributed by atoms with Gasteiger partial charge in [-0.3, -0.25) is 9.36 Å². The number of rotatable bonds is 6.